The van der Waals surface area contributed by atoms with Crippen LogP contribution >= 0.6 is 0 Å². The summed E-state index contributed by atoms with van der Waals surface area (Å²) in [5, 5.41) is 0. The Morgan fingerprint density at radius 1 is 1.37 bits per heavy atom. The maximum absolute atomic E-state index is 11.3. The third-order valence-electron chi connectivity index (χ3n) is 2.96. The highest BCUT2D eigenvalue weighted by Gasteiger charge is 2.24. The summed E-state index contributed by atoms with van der Waals surface area (Å²) in [4.78, 5) is 11.3. The number of esters is 1. The number of hydrogen-bond acceptors (Lipinski definition) is 3. The van der Waals surface area contributed by atoms with Crippen LogP contribution in [0.5, 0.6) is 0 Å². The van der Waals surface area contributed by atoms with Crippen molar-refractivity contribution in [2.45, 2.75) is 38.6 Å². The summed E-state index contributed by atoms with van der Waals surface area (Å²) in [6.45, 7) is 8.12. The number of carbonyl (C=O) groups is 1. The quantitative estimate of drug-likeness (QED) is 0.416. The molecule has 0 aliphatic carbocycles. The highest BCUT2D eigenvalue weighted by molar-refractivity contribution is 6.53. The van der Waals surface area contributed by atoms with E-state index in [4.69, 9.17) is 9.16 Å². The van der Waals surface area contributed by atoms with Gasteiger partial charge in [0.25, 0.3) is 0 Å². The second-order valence-corrected chi connectivity index (χ2v) is 7.30. The minimum atomic E-state index is -1.56. The first-order chi connectivity index (χ1) is 9.21. The van der Waals surface area contributed by atoms with Crippen LogP contribution in [-0.2, 0) is 20.6 Å². The minimum Gasteiger partial charge on any atom is -0.460 e. The topological polar surface area (TPSA) is 35.5 Å². The molecule has 0 aliphatic rings. The van der Waals surface area contributed by atoms with Crippen LogP contribution in [0.25, 0.3) is 0 Å². The second-order valence-electron chi connectivity index (χ2n) is 4.33. The number of hydrogen-bond donors (Lipinski definition) is 0. The van der Waals surface area contributed by atoms with Gasteiger partial charge in [-0.3, -0.25) is 0 Å². The van der Waals surface area contributed by atoms with Gasteiger partial charge in [-0.25, -0.2) is 4.79 Å². The summed E-state index contributed by atoms with van der Waals surface area (Å²) >= 11 is 0. The Hall–Kier alpha value is -1.39. The fraction of sp³-hybridized carbons (Fsp3) is 0.400. The van der Waals surface area contributed by atoms with Crippen LogP contribution in [0.15, 0.2) is 43.0 Å². The van der Waals surface area contributed by atoms with E-state index in [0.29, 0.717) is 6.61 Å². The smallest absolute Gasteiger partial charge is 0.330 e. The highest BCUT2D eigenvalue weighted by Crippen LogP contribution is 2.12. The molecule has 4 heteroatoms. The van der Waals surface area contributed by atoms with Crippen molar-refractivity contribution in [2.75, 3.05) is 0 Å². The molecular weight excluding hydrogens is 256 g/mol. The van der Waals surface area contributed by atoms with Gasteiger partial charge < -0.3 is 9.16 Å². The molecule has 0 N–H and O–H groups in total. The van der Waals surface area contributed by atoms with Gasteiger partial charge in [-0.05, 0) is 18.0 Å². The number of benzene rings is 1. The molecule has 0 bridgehead atoms. The molecule has 0 aliphatic heterocycles. The second kappa shape index (κ2) is 8.66. The van der Waals surface area contributed by atoms with Crippen molar-refractivity contribution in [3.63, 3.8) is 0 Å². The first-order valence-corrected chi connectivity index (χ1v) is 8.65. The molecule has 2 unspecified atom stereocenters. The summed E-state index contributed by atoms with van der Waals surface area (Å²) in [5.41, 5.74) is 1.07. The van der Waals surface area contributed by atoms with E-state index in [1.807, 2.05) is 37.3 Å². The molecule has 0 saturated heterocycles. The van der Waals surface area contributed by atoms with E-state index in [9.17, 15) is 4.79 Å². The lowest BCUT2D eigenvalue weighted by Crippen LogP contribution is -2.36. The fourth-order valence-electron chi connectivity index (χ4n) is 1.88. The molecule has 0 amide bonds. The summed E-state index contributed by atoms with van der Waals surface area (Å²) < 4.78 is 11.4. The average Bonchev–Trinajstić information content (AvgIpc) is 2.47. The van der Waals surface area contributed by atoms with Gasteiger partial charge in [0.2, 0.25) is 9.04 Å². The van der Waals surface area contributed by atoms with Crippen molar-refractivity contribution in [1.82, 2.24) is 0 Å². The molecule has 0 spiro atoms. The van der Waals surface area contributed by atoms with E-state index in [2.05, 4.69) is 13.5 Å². The van der Waals surface area contributed by atoms with Gasteiger partial charge in [0.15, 0.2) is 0 Å². The molecule has 0 heterocycles. The molecule has 2 atom stereocenters. The van der Waals surface area contributed by atoms with Gasteiger partial charge >= 0.3 is 5.97 Å². The Labute approximate surface area is 117 Å². The minimum absolute atomic E-state index is 0.0841. The highest BCUT2D eigenvalue weighted by atomic mass is 28.3. The van der Waals surface area contributed by atoms with Gasteiger partial charge in [0.1, 0.15) is 5.73 Å². The van der Waals surface area contributed by atoms with Crippen LogP contribution in [-0.4, -0.2) is 20.7 Å². The summed E-state index contributed by atoms with van der Waals surface area (Å²) in [5.74, 6) is -0.360. The standard InChI is InChI=1S/C15H22O3Si/c1-4-14(16)18-15(5-2)19(6-3)17-12-13-10-8-7-9-11-13/h4,7-11,15,19H,1,5-6,12H2,2-3H3. The monoisotopic (exact) mass is 278 g/mol. The van der Waals surface area contributed by atoms with Crippen molar-refractivity contribution >= 4 is 15.0 Å². The zero-order valence-electron chi connectivity index (χ0n) is 11.7. The zero-order valence-corrected chi connectivity index (χ0v) is 12.8. The predicted octanol–water partition coefficient (Wildman–Crippen LogP) is 2.99. The fourth-order valence-corrected chi connectivity index (χ4v) is 4.08. The Kier molecular flexibility index (Phi) is 7.14. The molecule has 0 radical (unpaired) electrons. The van der Waals surface area contributed by atoms with E-state index in [1.54, 1.807) is 0 Å². The molecule has 3 nitrogen and oxygen atoms in total. The van der Waals surface area contributed by atoms with Crippen LogP contribution in [0, 0.1) is 0 Å². The molecule has 19 heavy (non-hydrogen) atoms. The Balaban J connectivity index is 2.55. The summed E-state index contributed by atoms with van der Waals surface area (Å²) in [7, 11) is -1.56. The molecule has 0 fully saturated rings. The van der Waals surface area contributed by atoms with Crippen molar-refractivity contribution in [3.8, 4) is 0 Å². The molecule has 1 aromatic carbocycles. The molecule has 1 aromatic rings. The Morgan fingerprint density at radius 2 is 2.05 bits per heavy atom. The van der Waals surface area contributed by atoms with E-state index in [1.165, 1.54) is 6.08 Å². The van der Waals surface area contributed by atoms with Crippen molar-refractivity contribution in [2.24, 2.45) is 0 Å². The first kappa shape index (κ1) is 15.7. The number of ether oxygens (including phenoxy) is 1. The van der Waals surface area contributed by atoms with Gasteiger partial charge in [0.05, 0.1) is 6.61 Å². The zero-order chi connectivity index (χ0) is 14.1. The lowest BCUT2D eigenvalue weighted by atomic mass is 10.2. The maximum atomic E-state index is 11.3. The van der Waals surface area contributed by atoms with E-state index in [0.717, 1.165) is 18.0 Å². The lowest BCUT2D eigenvalue weighted by molar-refractivity contribution is -0.140. The number of carbonyl (C=O) groups excluding carboxylic acids is 1. The first-order valence-electron chi connectivity index (χ1n) is 6.69. The maximum Gasteiger partial charge on any atom is 0.330 e. The Morgan fingerprint density at radius 3 is 2.58 bits per heavy atom. The molecule has 0 saturated carbocycles. The molecular formula is C15H22O3Si. The molecule has 104 valence electrons. The van der Waals surface area contributed by atoms with Gasteiger partial charge in [-0.2, -0.15) is 0 Å². The lowest BCUT2D eigenvalue weighted by Gasteiger charge is -2.23. The van der Waals surface area contributed by atoms with Crippen molar-refractivity contribution < 1.29 is 14.0 Å². The average molecular weight is 278 g/mol. The normalized spacial score (nSPS) is 13.6. The molecule has 1 rings (SSSR count). The summed E-state index contributed by atoms with van der Waals surface area (Å²) in [6, 6.07) is 11.0. The van der Waals surface area contributed by atoms with Crippen LogP contribution in [0.2, 0.25) is 6.04 Å². The number of rotatable bonds is 8. The van der Waals surface area contributed by atoms with Crippen molar-refractivity contribution in [3.05, 3.63) is 48.6 Å². The van der Waals surface area contributed by atoms with Crippen molar-refractivity contribution in [1.29, 1.82) is 0 Å². The van der Waals surface area contributed by atoms with E-state index in [-0.39, 0.29) is 11.7 Å². The van der Waals surface area contributed by atoms with Crippen LogP contribution in [0.1, 0.15) is 25.8 Å². The van der Waals surface area contributed by atoms with Crippen LogP contribution < -0.4 is 0 Å². The van der Waals surface area contributed by atoms with E-state index >= 15 is 0 Å². The summed E-state index contributed by atoms with van der Waals surface area (Å²) in [6.07, 6.45) is 2.00. The predicted molar refractivity (Wildman–Crippen MR) is 79.2 cm³/mol. The SMILES string of the molecule is C=CC(=O)OC(CC)[SiH](CC)OCc1ccccc1. The van der Waals surface area contributed by atoms with Gasteiger partial charge in [0, 0.05) is 6.08 Å². The third-order valence-corrected chi connectivity index (χ3v) is 5.80. The van der Waals surface area contributed by atoms with Gasteiger partial charge in [-0.1, -0.05) is 50.8 Å². The van der Waals surface area contributed by atoms with E-state index < -0.39 is 9.04 Å². The van der Waals surface area contributed by atoms with Gasteiger partial charge in [-0.15, -0.1) is 0 Å². The Bertz CT molecular complexity index is 392. The third kappa shape index (κ3) is 5.40. The molecule has 0 aromatic heterocycles. The van der Waals surface area contributed by atoms with Crippen LogP contribution in [0.4, 0.5) is 0 Å². The van der Waals surface area contributed by atoms with Crippen LogP contribution in [0.3, 0.4) is 0 Å². The largest absolute Gasteiger partial charge is 0.460 e.